The molecule has 0 amide bonds. The monoisotopic (exact) mass is 253 g/mol. The zero-order valence-corrected chi connectivity index (χ0v) is 11.0. The third-order valence-electron chi connectivity index (χ3n) is 3.42. The number of benzene rings is 1. The van der Waals surface area contributed by atoms with Crippen molar-refractivity contribution in [1.29, 1.82) is 0 Å². The summed E-state index contributed by atoms with van der Waals surface area (Å²) in [5.41, 5.74) is 3.69. The molecule has 1 fully saturated rings. The van der Waals surface area contributed by atoms with E-state index in [9.17, 15) is 0 Å². The van der Waals surface area contributed by atoms with Gasteiger partial charge in [0.15, 0.2) is 11.4 Å². The summed E-state index contributed by atoms with van der Waals surface area (Å²) >= 11 is 0. The summed E-state index contributed by atoms with van der Waals surface area (Å²) in [6.45, 7) is 11.0. The van der Waals surface area contributed by atoms with Gasteiger partial charge in [0.1, 0.15) is 5.75 Å². The Balaban J connectivity index is 1.91. The Hall–Kier alpha value is -2.28. The molecule has 1 aromatic carbocycles. The van der Waals surface area contributed by atoms with Gasteiger partial charge in [-0.1, -0.05) is 0 Å². The first-order valence-corrected chi connectivity index (χ1v) is 6.39. The van der Waals surface area contributed by atoms with E-state index in [1.54, 1.807) is 6.20 Å². The third kappa shape index (κ3) is 2.19. The summed E-state index contributed by atoms with van der Waals surface area (Å²) in [7, 11) is 0. The van der Waals surface area contributed by atoms with Crippen molar-refractivity contribution in [3.63, 3.8) is 0 Å². The second-order valence-electron chi connectivity index (χ2n) is 5.04. The number of ether oxygens (including phenoxy) is 1. The Morgan fingerprint density at radius 1 is 1.32 bits per heavy atom. The summed E-state index contributed by atoms with van der Waals surface area (Å²) in [6, 6.07) is 3.81. The zero-order chi connectivity index (χ0) is 13.4. The van der Waals surface area contributed by atoms with Gasteiger partial charge in [-0.3, -0.25) is 5.10 Å². The van der Waals surface area contributed by atoms with E-state index in [4.69, 9.17) is 11.3 Å². The van der Waals surface area contributed by atoms with Gasteiger partial charge in [-0.15, -0.1) is 0 Å². The van der Waals surface area contributed by atoms with Crippen molar-refractivity contribution in [2.75, 3.05) is 0 Å². The molecule has 4 nitrogen and oxygen atoms in total. The highest BCUT2D eigenvalue weighted by Gasteiger charge is 2.28. The predicted molar refractivity (Wildman–Crippen MR) is 72.8 cm³/mol. The SMILES string of the molecule is [C-]#[N+]c1c(C)cc(Oc2cn[nH]c2C2CC2)cc1C. The number of rotatable bonds is 3. The molecular formula is C15H15N3O. The molecule has 96 valence electrons. The van der Waals surface area contributed by atoms with E-state index in [1.165, 1.54) is 12.8 Å². The zero-order valence-electron chi connectivity index (χ0n) is 11.0. The molecule has 0 spiro atoms. The second-order valence-corrected chi connectivity index (χ2v) is 5.04. The summed E-state index contributed by atoms with van der Waals surface area (Å²) < 4.78 is 5.92. The van der Waals surface area contributed by atoms with Crippen molar-refractivity contribution in [1.82, 2.24) is 10.2 Å². The molecule has 1 saturated carbocycles. The number of nitrogens with one attached hydrogen (secondary N) is 1. The van der Waals surface area contributed by atoms with Gasteiger partial charge in [0.25, 0.3) is 0 Å². The van der Waals surface area contributed by atoms with Gasteiger partial charge in [-0.2, -0.15) is 5.10 Å². The lowest BCUT2D eigenvalue weighted by Gasteiger charge is -2.09. The minimum absolute atomic E-state index is 0.571. The quantitative estimate of drug-likeness (QED) is 0.831. The molecule has 0 saturated heterocycles. The lowest BCUT2D eigenvalue weighted by molar-refractivity contribution is 0.476. The molecule has 19 heavy (non-hydrogen) atoms. The molecule has 3 rings (SSSR count). The lowest BCUT2D eigenvalue weighted by Crippen LogP contribution is -1.90. The summed E-state index contributed by atoms with van der Waals surface area (Å²) in [5, 5.41) is 7.08. The smallest absolute Gasteiger partial charge is 0.193 e. The number of aryl methyl sites for hydroxylation is 2. The minimum Gasteiger partial charge on any atom is -0.454 e. The number of nitrogens with zero attached hydrogens (tertiary/aromatic N) is 2. The van der Waals surface area contributed by atoms with E-state index >= 15 is 0 Å². The molecule has 1 aliphatic carbocycles. The van der Waals surface area contributed by atoms with E-state index in [2.05, 4.69) is 15.0 Å². The molecule has 0 aliphatic heterocycles. The third-order valence-corrected chi connectivity index (χ3v) is 3.42. The maximum Gasteiger partial charge on any atom is 0.193 e. The average molecular weight is 253 g/mol. The van der Waals surface area contributed by atoms with Crippen LogP contribution in [0.2, 0.25) is 0 Å². The van der Waals surface area contributed by atoms with Gasteiger partial charge in [0.05, 0.1) is 18.5 Å². The van der Waals surface area contributed by atoms with Crippen molar-refractivity contribution in [3.8, 4) is 11.5 Å². The largest absolute Gasteiger partial charge is 0.454 e. The van der Waals surface area contributed by atoms with E-state index < -0.39 is 0 Å². The van der Waals surface area contributed by atoms with Gasteiger partial charge in [-0.05, 0) is 49.9 Å². The lowest BCUT2D eigenvalue weighted by atomic mass is 10.1. The molecule has 0 atom stereocenters. The van der Waals surface area contributed by atoms with Crippen molar-refractivity contribution < 1.29 is 4.74 Å². The molecule has 0 radical (unpaired) electrons. The fourth-order valence-corrected chi connectivity index (χ4v) is 2.31. The maximum atomic E-state index is 7.16. The van der Waals surface area contributed by atoms with Crippen LogP contribution in [-0.2, 0) is 0 Å². The Morgan fingerprint density at radius 2 is 2.00 bits per heavy atom. The fraction of sp³-hybridized carbons (Fsp3) is 0.333. The Morgan fingerprint density at radius 3 is 2.58 bits per heavy atom. The number of hydrogen-bond acceptors (Lipinski definition) is 2. The molecule has 1 heterocycles. The predicted octanol–water partition coefficient (Wildman–Crippen LogP) is 4.25. The van der Waals surface area contributed by atoms with E-state index in [-0.39, 0.29) is 0 Å². The summed E-state index contributed by atoms with van der Waals surface area (Å²) in [5.74, 6) is 2.14. The van der Waals surface area contributed by atoms with Crippen LogP contribution in [0.4, 0.5) is 5.69 Å². The van der Waals surface area contributed by atoms with Gasteiger partial charge >= 0.3 is 0 Å². The van der Waals surface area contributed by atoms with Crippen LogP contribution in [0.25, 0.3) is 4.85 Å². The van der Waals surface area contributed by atoms with Crippen LogP contribution in [0, 0.1) is 20.4 Å². The Labute approximate surface area is 112 Å². The van der Waals surface area contributed by atoms with Gasteiger partial charge in [0.2, 0.25) is 0 Å². The van der Waals surface area contributed by atoms with Crippen LogP contribution in [0.3, 0.4) is 0 Å². The number of aromatic nitrogens is 2. The van der Waals surface area contributed by atoms with Crippen LogP contribution in [-0.4, -0.2) is 10.2 Å². The molecule has 0 bridgehead atoms. The number of aromatic amines is 1. The molecule has 0 unspecified atom stereocenters. The molecule has 1 aromatic heterocycles. The molecule has 4 heteroatoms. The molecule has 2 aromatic rings. The van der Waals surface area contributed by atoms with Crippen molar-refractivity contribution in [3.05, 3.63) is 46.6 Å². The van der Waals surface area contributed by atoms with Gasteiger partial charge in [-0.25, -0.2) is 4.85 Å². The van der Waals surface area contributed by atoms with E-state index in [1.807, 2.05) is 26.0 Å². The first-order chi connectivity index (χ1) is 9.19. The van der Waals surface area contributed by atoms with Crippen molar-refractivity contribution >= 4 is 5.69 Å². The molecular weight excluding hydrogens is 238 g/mol. The average Bonchev–Trinajstić information content (AvgIpc) is 3.10. The summed E-state index contributed by atoms with van der Waals surface area (Å²) in [4.78, 5) is 3.54. The Bertz CT molecular complexity index is 639. The topological polar surface area (TPSA) is 42.3 Å². The first kappa shape index (κ1) is 11.8. The fourth-order valence-electron chi connectivity index (χ4n) is 2.31. The van der Waals surface area contributed by atoms with Crippen LogP contribution < -0.4 is 4.74 Å². The highest BCUT2D eigenvalue weighted by Crippen LogP contribution is 2.44. The Kier molecular flexibility index (Phi) is 2.75. The van der Waals surface area contributed by atoms with Gasteiger partial charge < -0.3 is 4.74 Å². The standard InChI is InChI=1S/C15H15N3O/c1-9-6-12(7-10(2)14(9)16-3)19-13-8-17-18-15(13)11-4-5-11/h6-8,11H,4-5H2,1-2H3,(H,17,18). The van der Waals surface area contributed by atoms with Crippen molar-refractivity contribution in [2.24, 2.45) is 0 Å². The van der Waals surface area contributed by atoms with Crippen molar-refractivity contribution in [2.45, 2.75) is 32.6 Å². The molecule has 1 aliphatic rings. The maximum absolute atomic E-state index is 7.16. The first-order valence-electron chi connectivity index (χ1n) is 6.39. The highest BCUT2D eigenvalue weighted by atomic mass is 16.5. The van der Waals surface area contributed by atoms with Crippen LogP contribution >= 0.6 is 0 Å². The number of hydrogen-bond donors (Lipinski definition) is 1. The normalized spacial score (nSPS) is 14.2. The van der Waals surface area contributed by atoms with E-state index in [0.717, 1.165) is 28.3 Å². The highest BCUT2D eigenvalue weighted by molar-refractivity contribution is 5.60. The van der Waals surface area contributed by atoms with E-state index in [0.29, 0.717) is 11.6 Å². The summed E-state index contributed by atoms with van der Waals surface area (Å²) in [6.07, 6.45) is 4.13. The van der Waals surface area contributed by atoms with Crippen LogP contribution in [0.1, 0.15) is 35.6 Å². The minimum atomic E-state index is 0.571. The number of H-pyrrole nitrogens is 1. The molecule has 1 N–H and O–H groups in total. The van der Waals surface area contributed by atoms with Crippen LogP contribution in [0.5, 0.6) is 11.5 Å². The van der Waals surface area contributed by atoms with Gasteiger partial charge in [0, 0.05) is 5.92 Å². The second kappa shape index (κ2) is 4.43. The van der Waals surface area contributed by atoms with Crippen LogP contribution in [0.15, 0.2) is 18.3 Å².